The maximum atomic E-state index is 5.16. The van der Waals surface area contributed by atoms with Crippen molar-refractivity contribution >= 4 is 0 Å². The second-order valence-electron chi connectivity index (χ2n) is 4.95. The minimum Gasteiger partial charge on any atom is -0.497 e. The monoisotopic (exact) mass is 249 g/mol. The maximum absolute atomic E-state index is 5.16. The molecule has 102 valence electrons. The van der Waals surface area contributed by atoms with Gasteiger partial charge in [0.15, 0.2) is 0 Å². The summed E-state index contributed by atoms with van der Waals surface area (Å²) in [6.07, 6.45) is 6.24. The van der Waals surface area contributed by atoms with E-state index >= 15 is 0 Å². The summed E-state index contributed by atoms with van der Waals surface area (Å²) in [6.45, 7) is 5.67. The Kier molecular flexibility index (Phi) is 7.51. The van der Waals surface area contributed by atoms with Crippen LogP contribution in [0, 0.1) is 0 Å². The van der Waals surface area contributed by atoms with Gasteiger partial charge in [-0.15, -0.1) is 0 Å². The average molecular weight is 249 g/mol. The lowest BCUT2D eigenvalue weighted by atomic mass is 10.1. The molecule has 1 N–H and O–H groups in total. The van der Waals surface area contributed by atoms with Gasteiger partial charge >= 0.3 is 0 Å². The van der Waals surface area contributed by atoms with E-state index in [1.54, 1.807) is 7.11 Å². The van der Waals surface area contributed by atoms with Gasteiger partial charge in [-0.3, -0.25) is 0 Å². The summed E-state index contributed by atoms with van der Waals surface area (Å²) < 4.78 is 5.16. The van der Waals surface area contributed by atoms with E-state index in [0.29, 0.717) is 6.04 Å². The van der Waals surface area contributed by atoms with Crippen LogP contribution in [0.5, 0.6) is 5.75 Å². The van der Waals surface area contributed by atoms with Crippen molar-refractivity contribution in [3.63, 3.8) is 0 Å². The van der Waals surface area contributed by atoms with Crippen LogP contribution in [0.25, 0.3) is 0 Å². The molecule has 1 atom stereocenters. The highest BCUT2D eigenvalue weighted by Crippen LogP contribution is 2.13. The molecule has 0 aliphatic carbocycles. The number of ether oxygens (including phenoxy) is 1. The van der Waals surface area contributed by atoms with Gasteiger partial charge in [0.25, 0.3) is 0 Å². The quantitative estimate of drug-likeness (QED) is 0.672. The molecule has 2 heteroatoms. The predicted octanol–water partition coefficient (Wildman–Crippen LogP) is 3.80. The standard InChI is InChI=1S/C16H27NO/c1-4-5-6-13-17-14(2)7-8-15-9-11-16(18-3)12-10-15/h9-12,14,17H,4-8,13H2,1-3H3. The summed E-state index contributed by atoms with van der Waals surface area (Å²) in [7, 11) is 1.71. The minimum atomic E-state index is 0.601. The smallest absolute Gasteiger partial charge is 0.118 e. The van der Waals surface area contributed by atoms with Gasteiger partial charge in [-0.05, 0) is 50.4 Å². The SMILES string of the molecule is CCCCCNC(C)CCc1ccc(OC)cc1. The van der Waals surface area contributed by atoms with Crippen molar-refractivity contribution in [1.82, 2.24) is 5.32 Å². The molecule has 0 aliphatic rings. The van der Waals surface area contributed by atoms with Crippen molar-refractivity contribution in [2.24, 2.45) is 0 Å². The van der Waals surface area contributed by atoms with Gasteiger partial charge in [0.2, 0.25) is 0 Å². The topological polar surface area (TPSA) is 21.3 Å². The van der Waals surface area contributed by atoms with Gasteiger partial charge in [0, 0.05) is 6.04 Å². The van der Waals surface area contributed by atoms with E-state index in [1.807, 2.05) is 12.1 Å². The van der Waals surface area contributed by atoms with Crippen molar-refractivity contribution in [1.29, 1.82) is 0 Å². The number of aryl methyl sites for hydroxylation is 1. The number of hydrogen-bond acceptors (Lipinski definition) is 2. The molecule has 1 aromatic rings. The first-order chi connectivity index (χ1) is 8.76. The molecule has 0 aliphatic heterocycles. The second kappa shape index (κ2) is 8.98. The van der Waals surface area contributed by atoms with E-state index in [1.165, 1.54) is 31.2 Å². The van der Waals surface area contributed by atoms with Crippen LogP contribution in [0.15, 0.2) is 24.3 Å². The van der Waals surface area contributed by atoms with Crippen LogP contribution in [0.3, 0.4) is 0 Å². The molecule has 1 unspecified atom stereocenters. The van der Waals surface area contributed by atoms with Gasteiger partial charge in [-0.25, -0.2) is 0 Å². The molecule has 1 rings (SSSR count). The third-order valence-electron chi connectivity index (χ3n) is 3.30. The fourth-order valence-electron chi connectivity index (χ4n) is 2.00. The van der Waals surface area contributed by atoms with Crippen molar-refractivity contribution in [2.45, 2.75) is 52.0 Å². The number of nitrogens with one attached hydrogen (secondary N) is 1. The second-order valence-corrected chi connectivity index (χ2v) is 4.95. The third kappa shape index (κ3) is 6.06. The summed E-state index contributed by atoms with van der Waals surface area (Å²) in [5.41, 5.74) is 1.39. The lowest BCUT2D eigenvalue weighted by Crippen LogP contribution is -2.27. The molecule has 0 fully saturated rings. The Labute approximate surface area is 112 Å². The summed E-state index contributed by atoms with van der Waals surface area (Å²) in [5.74, 6) is 0.935. The molecule has 18 heavy (non-hydrogen) atoms. The molecular weight excluding hydrogens is 222 g/mol. The zero-order chi connectivity index (χ0) is 13.2. The molecule has 0 saturated carbocycles. The first-order valence-corrected chi connectivity index (χ1v) is 7.12. The summed E-state index contributed by atoms with van der Waals surface area (Å²) in [4.78, 5) is 0. The minimum absolute atomic E-state index is 0.601. The zero-order valence-corrected chi connectivity index (χ0v) is 12.0. The normalized spacial score (nSPS) is 12.4. The van der Waals surface area contributed by atoms with Gasteiger partial charge in [0.1, 0.15) is 5.75 Å². The molecule has 0 radical (unpaired) electrons. The van der Waals surface area contributed by atoms with E-state index < -0.39 is 0 Å². The number of unbranched alkanes of at least 4 members (excludes halogenated alkanes) is 2. The van der Waals surface area contributed by atoms with Crippen LogP contribution in [0.2, 0.25) is 0 Å². The van der Waals surface area contributed by atoms with Crippen molar-refractivity contribution < 1.29 is 4.74 Å². The van der Waals surface area contributed by atoms with E-state index in [4.69, 9.17) is 4.74 Å². The van der Waals surface area contributed by atoms with Gasteiger partial charge in [-0.1, -0.05) is 31.9 Å². The Morgan fingerprint density at radius 2 is 1.89 bits per heavy atom. The largest absolute Gasteiger partial charge is 0.497 e. The fourth-order valence-corrected chi connectivity index (χ4v) is 2.00. The van der Waals surface area contributed by atoms with Crippen molar-refractivity contribution in [3.05, 3.63) is 29.8 Å². The van der Waals surface area contributed by atoms with E-state index in [2.05, 4.69) is 31.3 Å². The third-order valence-corrected chi connectivity index (χ3v) is 3.30. The lowest BCUT2D eigenvalue weighted by molar-refractivity contribution is 0.414. The van der Waals surface area contributed by atoms with E-state index in [9.17, 15) is 0 Å². The van der Waals surface area contributed by atoms with Gasteiger partial charge in [0.05, 0.1) is 7.11 Å². The number of rotatable bonds is 9. The molecule has 0 spiro atoms. The highest BCUT2D eigenvalue weighted by atomic mass is 16.5. The molecule has 0 bridgehead atoms. The van der Waals surface area contributed by atoms with Crippen molar-refractivity contribution in [2.75, 3.05) is 13.7 Å². The van der Waals surface area contributed by atoms with Gasteiger partial charge in [-0.2, -0.15) is 0 Å². The molecule has 1 aromatic carbocycles. The Bertz CT molecular complexity index is 307. The highest BCUT2D eigenvalue weighted by molar-refractivity contribution is 5.27. The highest BCUT2D eigenvalue weighted by Gasteiger charge is 2.02. The summed E-state index contributed by atoms with van der Waals surface area (Å²) >= 11 is 0. The molecule has 0 aromatic heterocycles. The van der Waals surface area contributed by atoms with Crippen LogP contribution in [0.1, 0.15) is 45.1 Å². The van der Waals surface area contributed by atoms with Crippen LogP contribution in [0.4, 0.5) is 0 Å². The zero-order valence-electron chi connectivity index (χ0n) is 12.0. The van der Waals surface area contributed by atoms with Crippen LogP contribution in [-0.2, 0) is 6.42 Å². The molecular formula is C16H27NO. The number of hydrogen-bond donors (Lipinski definition) is 1. The summed E-state index contributed by atoms with van der Waals surface area (Å²) in [6, 6.07) is 8.98. The van der Waals surface area contributed by atoms with Crippen LogP contribution in [-0.4, -0.2) is 19.7 Å². The Morgan fingerprint density at radius 3 is 2.50 bits per heavy atom. The first kappa shape index (κ1) is 15.0. The van der Waals surface area contributed by atoms with Crippen molar-refractivity contribution in [3.8, 4) is 5.75 Å². The number of methoxy groups -OCH3 is 1. The van der Waals surface area contributed by atoms with E-state index in [-0.39, 0.29) is 0 Å². The maximum Gasteiger partial charge on any atom is 0.118 e. The molecule has 2 nitrogen and oxygen atoms in total. The Hall–Kier alpha value is -1.02. The molecule has 0 amide bonds. The predicted molar refractivity (Wildman–Crippen MR) is 78.3 cm³/mol. The lowest BCUT2D eigenvalue weighted by Gasteiger charge is -2.13. The van der Waals surface area contributed by atoms with Gasteiger partial charge < -0.3 is 10.1 Å². The average Bonchev–Trinajstić information content (AvgIpc) is 2.42. The van der Waals surface area contributed by atoms with E-state index in [0.717, 1.165) is 18.7 Å². The van der Waals surface area contributed by atoms with Crippen LogP contribution >= 0.6 is 0 Å². The first-order valence-electron chi connectivity index (χ1n) is 7.12. The number of benzene rings is 1. The Balaban J connectivity index is 2.18. The molecule has 0 saturated heterocycles. The summed E-state index contributed by atoms with van der Waals surface area (Å²) in [5, 5.41) is 3.59. The molecule has 0 heterocycles. The van der Waals surface area contributed by atoms with Crippen LogP contribution < -0.4 is 10.1 Å². The fraction of sp³-hybridized carbons (Fsp3) is 0.625. The Morgan fingerprint density at radius 1 is 1.17 bits per heavy atom.